The van der Waals surface area contributed by atoms with Crippen molar-refractivity contribution in [3.8, 4) is 0 Å². The summed E-state index contributed by atoms with van der Waals surface area (Å²) in [5, 5.41) is 2.97. The summed E-state index contributed by atoms with van der Waals surface area (Å²) in [7, 11) is 0. The van der Waals surface area contributed by atoms with E-state index in [4.69, 9.17) is 4.98 Å². The molecule has 4 nitrogen and oxygen atoms in total. The van der Waals surface area contributed by atoms with Crippen molar-refractivity contribution in [1.82, 2.24) is 14.9 Å². The average molecular weight is 349 g/mol. The molecule has 0 radical (unpaired) electrons. The van der Waals surface area contributed by atoms with Crippen molar-refractivity contribution in [3.63, 3.8) is 0 Å². The monoisotopic (exact) mass is 349 g/mol. The Labute approximate surface area is 155 Å². The number of amides is 1. The molecule has 1 aromatic heterocycles. The van der Waals surface area contributed by atoms with Gasteiger partial charge in [-0.3, -0.25) is 4.79 Å². The van der Waals surface area contributed by atoms with Gasteiger partial charge in [0.15, 0.2) is 0 Å². The van der Waals surface area contributed by atoms with E-state index in [0.717, 1.165) is 23.4 Å². The van der Waals surface area contributed by atoms with Gasteiger partial charge in [0, 0.05) is 13.0 Å². The maximum atomic E-state index is 11.7. The van der Waals surface area contributed by atoms with E-state index in [2.05, 4.69) is 49.7 Å². The molecule has 0 fully saturated rings. The third-order valence-electron chi connectivity index (χ3n) is 5.34. The second-order valence-corrected chi connectivity index (χ2v) is 6.97. The first-order valence-electron chi connectivity index (χ1n) is 9.19. The number of hydrogen-bond acceptors (Lipinski definition) is 2. The number of benzene rings is 2. The first kappa shape index (κ1) is 18.2. The lowest BCUT2D eigenvalue weighted by Gasteiger charge is -2.18. The summed E-state index contributed by atoms with van der Waals surface area (Å²) >= 11 is 0. The number of para-hydroxylation sites is 2. The Morgan fingerprint density at radius 3 is 2.38 bits per heavy atom. The van der Waals surface area contributed by atoms with Crippen LogP contribution in [0.25, 0.3) is 11.0 Å². The summed E-state index contributed by atoms with van der Waals surface area (Å²) in [6.07, 6.45) is 0.482. The highest BCUT2D eigenvalue weighted by Gasteiger charge is 2.15. The van der Waals surface area contributed by atoms with Crippen molar-refractivity contribution < 1.29 is 4.79 Å². The Morgan fingerprint density at radius 1 is 1.08 bits per heavy atom. The van der Waals surface area contributed by atoms with Gasteiger partial charge in [0.05, 0.1) is 17.6 Å². The van der Waals surface area contributed by atoms with Gasteiger partial charge in [-0.2, -0.15) is 0 Å². The number of carbonyl (C=O) groups is 1. The number of hydrogen-bond donors (Lipinski definition) is 1. The molecule has 136 valence electrons. The third-order valence-corrected chi connectivity index (χ3v) is 5.34. The number of carbonyl (C=O) groups excluding carboxylic acids is 1. The number of nitrogens with one attached hydrogen (secondary N) is 1. The van der Waals surface area contributed by atoms with Crippen LogP contribution in [0.15, 0.2) is 30.3 Å². The molecule has 3 rings (SSSR count). The van der Waals surface area contributed by atoms with Crippen LogP contribution in [0.2, 0.25) is 0 Å². The fraction of sp³-hybridized carbons (Fsp3) is 0.364. The van der Waals surface area contributed by atoms with Crippen molar-refractivity contribution >= 4 is 16.9 Å². The molecule has 2 aromatic carbocycles. The van der Waals surface area contributed by atoms with Gasteiger partial charge < -0.3 is 9.88 Å². The molecule has 1 N–H and O–H groups in total. The molecular formula is C22H27N3O. The number of nitrogens with zero attached hydrogens (tertiary/aromatic N) is 2. The highest BCUT2D eigenvalue weighted by molar-refractivity contribution is 5.77. The minimum Gasteiger partial charge on any atom is -0.349 e. The van der Waals surface area contributed by atoms with E-state index in [-0.39, 0.29) is 5.91 Å². The van der Waals surface area contributed by atoms with Crippen LogP contribution in [0.4, 0.5) is 0 Å². The zero-order chi connectivity index (χ0) is 18.8. The first-order valence-corrected chi connectivity index (χ1v) is 9.19. The molecule has 0 spiro atoms. The molecule has 0 atom stereocenters. The molecule has 26 heavy (non-hydrogen) atoms. The number of aromatic nitrogens is 2. The van der Waals surface area contributed by atoms with E-state index in [0.29, 0.717) is 13.0 Å². The fourth-order valence-electron chi connectivity index (χ4n) is 3.43. The maximum absolute atomic E-state index is 11.7. The van der Waals surface area contributed by atoms with Crippen LogP contribution in [0.3, 0.4) is 0 Å². The lowest BCUT2D eigenvalue weighted by Crippen LogP contribution is -2.24. The standard InChI is InChI=1S/C22H27N3O/c1-6-22(26)23-12-21-24-19-9-7-8-10-20(19)25(21)13-18-16(4)14(2)11-15(3)17(18)5/h7-11H,6,12-13H2,1-5H3,(H,23,26). The number of aryl methyl sites for hydroxylation is 2. The van der Waals surface area contributed by atoms with Crippen molar-refractivity contribution in [3.05, 3.63) is 64.0 Å². The fourth-order valence-corrected chi connectivity index (χ4v) is 3.43. The molecule has 0 aliphatic rings. The molecule has 0 saturated heterocycles. The summed E-state index contributed by atoms with van der Waals surface area (Å²) in [6.45, 7) is 11.8. The van der Waals surface area contributed by atoms with Crippen LogP contribution in [-0.4, -0.2) is 15.5 Å². The molecule has 4 heteroatoms. The SMILES string of the molecule is CCC(=O)NCc1nc2ccccc2n1Cc1c(C)c(C)cc(C)c1C. The Balaban J connectivity index is 2.08. The molecule has 0 bridgehead atoms. The molecule has 0 aliphatic carbocycles. The van der Waals surface area contributed by atoms with E-state index in [1.807, 2.05) is 25.1 Å². The van der Waals surface area contributed by atoms with Crippen LogP contribution in [-0.2, 0) is 17.9 Å². The molecular weight excluding hydrogens is 322 g/mol. The van der Waals surface area contributed by atoms with E-state index in [9.17, 15) is 4.79 Å². The van der Waals surface area contributed by atoms with Crippen molar-refractivity contribution in [2.75, 3.05) is 0 Å². The van der Waals surface area contributed by atoms with Gasteiger partial charge in [-0.05, 0) is 67.6 Å². The minimum atomic E-state index is 0.0439. The average Bonchev–Trinajstić information content (AvgIpc) is 2.99. The predicted octanol–water partition coefficient (Wildman–Crippen LogP) is 4.34. The summed E-state index contributed by atoms with van der Waals surface area (Å²) < 4.78 is 2.24. The van der Waals surface area contributed by atoms with Gasteiger partial charge in [-0.1, -0.05) is 25.1 Å². The largest absolute Gasteiger partial charge is 0.349 e. The Bertz CT molecular complexity index is 943. The number of imidazole rings is 1. The second-order valence-electron chi connectivity index (χ2n) is 6.97. The highest BCUT2D eigenvalue weighted by Crippen LogP contribution is 2.25. The van der Waals surface area contributed by atoms with Crippen LogP contribution in [0.1, 0.15) is 47.0 Å². The topological polar surface area (TPSA) is 46.9 Å². The van der Waals surface area contributed by atoms with Crippen LogP contribution in [0, 0.1) is 27.7 Å². The summed E-state index contributed by atoms with van der Waals surface area (Å²) in [5.74, 6) is 0.938. The third kappa shape index (κ3) is 3.36. The normalized spacial score (nSPS) is 11.1. The van der Waals surface area contributed by atoms with Crippen LogP contribution in [0.5, 0.6) is 0 Å². The number of rotatable bonds is 5. The van der Waals surface area contributed by atoms with E-state index in [1.165, 1.54) is 27.8 Å². The first-order chi connectivity index (χ1) is 12.4. The summed E-state index contributed by atoms with van der Waals surface area (Å²) in [4.78, 5) is 16.5. The van der Waals surface area contributed by atoms with Gasteiger partial charge in [0.25, 0.3) is 0 Å². The maximum Gasteiger partial charge on any atom is 0.220 e. The molecule has 1 heterocycles. The van der Waals surface area contributed by atoms with E-state index >= 15 is 0 Å². The predicted molar refractivity (Wildman–Crippen MR) is 106 cm³/mol. The zero-order valence-electron chi connectivity index (χ0n) is 16.3. The van der Waals surface area contributed by atoms with Crippen molar-refractivity contribution in [2.45, 2.75) is 54.1 Å². The summed E-state index contributed by atoms with van der Waals surface area (Å²) in [6, 6.07) is 10.4. The van der Waals surface area contributed by atoms with E-state index < -0.39 is 0 Å². The van der Waals surface area contributed by atoms with E-state index in [1.54, 1.807) is 0 Å². The van der Waals surface area contributed by atoms with Gasteiger partial charge in [0.2, 0.25) is 5.91 Å². The lowest BCUT2D eigenvalue weighted by atomic mass is 9.94. The Morgan fingerprint density at radius 2 is 1.73 bits per heavy atom. The molecule has 1 amide bonds. The Kier molecular flexibility index (Phi) is 5.12. The van der Waals surface area contributed by atoms with Crippen molar-refractivity contribution in [2.24, 2.45) is 0 Å². The second kappa shape index (κ2) is 7.32. The molecule has 0 aliphatic heterocycles. The van der Waals surface area contributed by atoms with Crippen LogP contribution < -0.4 is 5.32 Å². The quantitative estimate of drug-likeness (QED) is 0.744. The van der Waals surface area contributed by atoms with Gasteiger partial charge in [0.1, 0.15) is 5.82 Å². The van der Waals surface area contributed by atoms with Gasteiger partial charge >= 0.3 is 0 Å². The molecule has 0 saturated carbocycles. The highest BCUT2D eigenvalue weighted by atomic mass is 16.1. The summed E-state index contributed by atoms with van der Waals surface area (Å²) in [5.41, 5.74) is 8.69. The van der Waals surface area contributed by atoms with Gasteiger partial charge in [-0.15, -0.1) is 0 Å². The molecule has 3 aromatic rings. The zero-order valence-corrected chi connectivity index (χ0v) is 16.3. The smallest absolute Gasteiger partial charge is 0.220 e. The van der Waals surface area contributed by atoms with Crippen LogP contribution >= 0.6 is 0 Å². The lowest BCUT2D eigenvalue weighted by molar-refractivity contribution is -0.120. The Hall–Kier alpha value is -2.62. The number of fused-ring (bicyclic) bond motifs is 1. The minimum absolute atomic E-state index is 0.0439. The van der Waals surface area contributed by atoms with Crippen molar-refractivity contribution in [1.29, 1.82) is 0 Å². The molecule has 0 unspecified atom stereocenters. The van der Waals surface area contributed by atoms with Gasteiger partial charge in [-0.25, -0.2) is 4.98 Å².